The first kappa shape index (κ1) is 15.1. The van der Waals surface area contributed by atoms with E-state index in [0.717, 1.165) is 17.0 Å². The van der Waals surface area contributed by atoms with E-state index in [0.29, 0.717) is 36.6 Å². The molecule has 3 aromatic rings. The van der Waals surface area contributed by atoms with E-state index in [9.17, 15) is 4.79 Å². The van der Waals surface area contributed by atoms with E-state index in [1.54, 1.807) is 24.5 Å². The molecule has 3 aromatic heterocycles. The fourth-order valence-electron chi connectivity index (χ4n) is 2.30. The molecule has 1 amide bonds. The summed E-state index contributed by atoms with van der Waals surface area (Å²) in [6.07, 6.45) is 2.53. The molecule has 0 saturated heterocycles. The molecule has 3 heterocycles. The van der Waals surface area contributed by atoms with Crippen LogP contribution in [-0.4, -0.2) is 16.2 Å². The van der Waals surface area contributed by atoms with Gasteiger partial charge in [0, 0.05) is 18.1 Å². The molecule has 7 heteroatoms. The second-order valence-electron chi connectivity index (χ2n) is 5.24. The SMILES string of the molecule is Cc1noc(C)c1CCC(=O)NCc1cc(-c2ccco2)on1. The summed E-state index contributed by atoms with van der Waals surface area (Å²) in [6, 6.07) is 5.30. The Morgan fingerprint density at radius 1 is 1.22 bits per heavy atom. The maximum atomic E-state index is 11.9. The molecule has 0 radical (unpaired) electrons. The summed E-state index contributed by atoms with van der Waals surface area (Å²) >= 11 is 0. The molecule has 1 N–H and O–H groups in total. The average Bonchev–Trinajstić information content (AvgIpc) is 3.25. The molecular weight excluding hydrogens is 298 g/mol. The lowest BCUT2D eigenvalue weighted by Gasteiger charge is -2.02. The summed E-state index contributed by atoms with van der Waals surface area (Å²) in [7, 11) is 0. The van der Waals surface area contributed by atoms with Crippen LogP contribution in [0.2, 0.25) is 0 Å². The van der Waals surface area contributed by atoms with E-state index in [4.69, 9.17) is 13.5 Å². The highest BCUT2D eigenvalue weighted by Gasteiger charge is 2.12. The fraction of sp³-hybridized carbons (Fsp3) is 0.312. The third-order valence-electron chi connectivity index (χ3n) is 3.57. The van der Waals surface area contributed by atoms with Crippen LogP contribution in [0.3, 0.4) is 0 Å². The number of aromatic nitrogens is 2. The van der Waals surface area contributed by atoms with Gasteiger partial charge in [0.2, 0.25) is 11.7 Å². The van der Waals surface area contributed by atoms with E-state index < -0.39 is 0 Å². The second-order valence-corrected chi connectivity index (χ2v) is 5.24. The van der Waals surface area contributed by atoms with Gasteiger partial charge in [-0.25, -0.2) is 0 Å². The zero-order valence-corrected chi connectivity index (χ0v) is 13.0. The Balaban J connectivity index is 1.49. The zero-order valence-electron chi connectivity index (χ0n) is 13.0. The van der Waals surface area contributed by atoms with Crippen molar-refractivity contribution in [1.29, 1.82) is 0 Å². The predicted octanol–water partition coefficient (Wildman–Crippen LogP) is 2.79. The van der Waals surface area contributed by atoms with Crippen LogP contribution in [-0.2, 0) is 17.8 Å². The molecule has 0 saturated carbocycles. The summed E-state index contributed by atoms with van der Waals surface area (Å²) in [6.45, 7) is 4.03. The van der Waals surface area contributed by atoms with E-state index in [1.807, 2.05) is 13.8 Å². The molecule has 0 aliphatic heterocycles. The highest BCUT2D eigenvalue weighted by molar-refractivity contribution is 5.76. The van der Waals surface area contributed by atoms with Crippen LogP contribution in [0.15, 0.2) is 37.9 Å². The highest BCUT2D eigenvalue weighted by atomic mass is 16.5. The molecule has 120 valence electrons. The second kappa shape index (κ2) is 6.51. The molecule has 0 aliphatic rings. The van der Waals surface area contributed by atoms with Gasteiger partial charge in [-0.2, -0.15) is 0 Å². The molecular formula is C16H17N3O4. The summed E-state index contributed by atoms with van der Waals surface area (Å²) < 4.78 is 15.5. The van der Waals surface area contributed by atoms with Crippen molar-refractivity contribution in [2.24, 2.45) is 0 Å². The van der Waals surface area contributed by atoms with Gasteiger partial charge in [-0.15, -0.1) is 0 Å². The van der Waals surface area contributed by atoms with Gasteiger partial charge in [-0.05, 0) is 32.4 Å². The lowest BCUT2D eigenvalue weighted by Crippen LogP contribution is -2.23. The summed E-state index contributed by atoms with van der Waals surface area (Å²) in [5, 5.41) is 10.6. The summed E-state index contributed by atoms with van der Waals surface area (Å²) in [5.74, 6) is 1.84. The standard InChI is InChI=1S/C16H17N3O4/c1-10-13(11(2)22-18-10)5-6-16(20)17-9-12-8-15(23-19-12)14-4-3-7-21-14/h3-4,7-8H,5-6,9H2,1-2H3,(H,17,20). The number of nitrogens with zero attached hydrogens (tertiary/aromatic N) is 2. The van der Waals surface area contributed by atoms with Crippen LogP contribution in [0, 0.1) is 13.8 Å². The molecule has 0 atom stereocenters. The van der Waals surface area contributed by atoms with Gasteiger partial charge in [0.1, 0.15) is 11.5 Å². The molecule has 0 aromatic carbocycles. The van der Waals surface area contributed by atoms with Crippen molar-refractivity contribution in [3.05, 3.63) is 47.2 Å². The Kier molecular flexibility index (Phi) is 4.27. The lowest BCUT2D eigenvalue weighted by molar-refractivity contribution is -0.121. The number of carbonyl (C=O) groups is 1. The fourth-order valence-corrected chi connectivity index (χ4v) is 2.30. The number of rotatable bonds is 6. The van der Waals surface area contributed by atoms with Crippen LogP contribution in [0.1, 0.15) is 29.1 Å². The minimum atomic E-state index is -0.0625. The molecule has 0 unspecified atom stereocenters. The maximum Gasteiger partial charge on any atom is 0.220 e. The van der Waals surface area contributed by atoms with Crippen LogP contribution < -0.4 is 5.32 Å². The smallest absolute Gasteiger partial charge is 0.220 e. The van der Waals surface area contributed by atoms with Crippen molar-refractivity contribution < 1.29 is 18.3 Å². The van der Waals surface area contributed by atoms with Crippen molar-refractivity contribution in [2.45, 2.75) is 33.2 Å². The third kappa shape index (κ3) is 3.50. The summed E-state index contributed by atoms with van der Waals surface area (Å²) in [4.78, 5) is 11.9. The third-order valence-corrected chi connectivity index (χ3v) is 3.57. The first-order chi connectivity index (χ1) is 11.1. The quantitative estimate of drug-likeness (QED) is 0.751. The van der Waals surface area contributed by atoms with Gasteiger partial charge < -0.3 is 18.8 Å². The topological polar surface area (TPSA) is 94.3 Å². The summed E-state index contributed by atoms with van der Waals surface area (Å²) in [5.41, 5.74) is 2.46. The lowest BCUT2D eigenvalue weighted by atomic mass is 10.1. The molecule has 0 spiro atoms. The number of nitrogens with one attached hydrogen (secondary N) is 1. The van der Waals surface area contributed by atoms with Gasteiger partial charge >= 0.3 is 0 Å². The Bertz CT molecular complexity index is 767. The van der Waals surface area contributed by atoms with Crippen LogP contribution in [0.25, 0.3) is 11.5 Å². The predicted molar refractivity (Wildman–Crippen MR) is 80.3 cm³/mol. The number of furan rings is 1. The normalized spacial score (nSPS) is 10.9. The van der Waals surface area contributed by atoms with Crippen LogP contribution in [0.4, 0.5) is 0 Å². The van der Waals surface area contributed by atoms with E-state index >= 15 is 0 Å². The number of carbonyl (C=O) groups excluding carboxylic acids is 1. The van der Waals surface area contributed by atoms with Gasteiger partial charge in [0.05, 0.1) is 18.5 Å². The minimum Gasteiger partial charge on any atom is -0.461 e. The van der Waals surface area contributed by atoms with E-state index in [-0.39, 0.29) is 5.91 Å². The average molecular weight is 315 g/mol. The van der Waals surface area contributed by atoms with Crippen LogP contribution in [0.5, 0.6) is 0 Å². The van der Waals surface area contributed by atoms with E-state index in [1.165, 1.54) is 0 Å². The Morgan fingerprint density at radius 3 is 2.78 bits per heavy atom. The van der Waals surface area contributed by atoms with Crippen LogP contribution >= 0.6 is 0 Å². The number of amides is 1. The van der Waals surface area contributed by atoms with E-state index in [2.05, 4.69) is 15.6 Å². The Morgan fingerprint density at radius 2 is 2.09 bits per heavy atom. The van der Waals surface area contributed by atoms with Gasteiger partial charge in [0.15, 0.2) is 5.76 Å². The molecule has 3 rings (SSSR count). The number of hydrogen-bond acceptors (Lipinski definition) is 6. The Labute approximate surface area is 132 Å². The highest BCUT2D eigenvalue weighted by Crippen LogP contribution is 2.20. The maximum absolute atomic E-state index is 11.9. The van der Waals surface area contributed by atoms with Gasteiger partial charge in [-0.3, -0.25) is 4.79 Å². The van der Waals surface area contributed by atoms with Crippen molar-refractivity contribution >= 4 is 5.91 Å². The minimum absolute atomic E-state index is 0.0625. The number of aryl methyl sites for hydroxylation is 2. The van der Waals surface area contributed by atoms with Gasteiger partial charge in [-0.1, -0.05) is 10.3 Å². The van der Waals surface area contributed by atoms with Crippen molar-refractivity contribution in [3.8, 4) is 11.5 Å². The first-order valence-electron chi connectivity index (χ1n) is 7.31. The van der Waals surface area contributed by atoms with Crippen molar-refractivity contribution in [3.63, 3.8) is 0 Å². The van der Waals surface area contributed by atoms with Crippen molar-refractivity contribution in [1.82, 2.24) is 15.6 Å². The number of hydrogen-bond donors (Lipinski definition) is 1. The zero-order chi connectivity index (χ0) is 16.2. The monoisotopic (exact) mass is 315 g/mol. The molecule has 0 bridgehead atoms. The molecule has 0 aliphatic carbocycles. The molecule has 7 nitrogen and oxygen atoms in total. The first-order valence-corrected chi connectivity index (χ1v) is 7.31. The molecule has 0 fully saturated rings. The largest absolute Gasteiger partial charge is 0.461 e. The van der Waals surface area contributed by atoms with Gasteiger partial charge in [0.25, 0.3) is 0 Å². The van der Waals surface area contributed by atoms with Crippen molar-refractivity contribution in [2.75, 3.05) is 0 Å². The Hall–Kier alpha value is -2.83. The molecule has 23 heavy (non-hydrogen) atoms.